The van der Waals surface area contributed by atoms with Gasteiger partial charge in [0, 0.05) is 6.54 Å². The van der Waals surface area contributed by atoms with E-state index in [1.807, 2.05) is 0 Å². The molecule has 0 aliphatic rings. The number of nitrogens with two attached hydrogens (primary N) is 1. The lowest BCUT2D eigenvalue weighted by molar-refractivity contribution is -0.131. The Morgan fingerprint density at radius 1 is 1.67 bits per heavy atom. The Balaban J connectivity index is 2.88. The van der Waals surface area contributed by atoms with Gasteiger partial charge in [-0.15, -0.1) is 5.10 Å². The molecule has 0 saturated heterocycles. The fourth-order valence-electron chi connectivity index (χ4n) is 0.624. The number of aliphatic hydroxyl groups is 1. The average molecular weight is 178 g/mol. The molecule has 1 rings (SSSR count). The molecule has 68 valence electrons. The predicted molar refractivity (Wildman–Crippen MR) is 35.2 cm³/mol. The van der Waals surface area contributed by atoms with Gasteiger partial charge in [-0.25, -0.2) is 0 Å². The molecule has 5 nitrogen and oxygen atoms in total. The van der Waals surface area contributed by atoms with Crippen molar-refractivity contribution in [3.05, 3.63) is 11.9 Å². The maximum atomic E-state index is 12.6. The largest absolute Gasteiger partial charge is 0.388 e. The molecule has 0 atom stereocenters. The minimum atomic E-state index is -3.40. The first-order chi connectivity index (χ1) is 5.60. The van der Waals surface area contributed by atoms with Crippen molar-refractivity contribution in [2.75, 3.05) is 6.61 Å². The zero-order chi connectivity index (χ0) is 9.19. The Bertz CT molecular complexity index is 262. The molecule has 0 spiro atoms. The van der Waals surface area contributed by atoms with Crippen LogP contribution in [0.15, 0.2) is 6.20 Å². The molecule has 0 amide bonds. The molecular formula is C5H8F2N4O. The molecule has 1 aromatic heterocycles. The zero-order valence-corrected chi connectivity index (χ0v) is 6.11. The second kappa shape index (κ2) is 3.11. The first kappa shape index (κ1) is 9.01. The van der Waals surface area contributed by atoms with Crippen LogP contribution in [0.5, 0.6) is 0 Å². The summed E-state index contributed by atoms with van der Waals surface area (Å²) in [6.07, 6.45) is 0.996. The van der Waals surface area contributed by atoms with E-state index in [0.29, 0.717) is 0 Å². The smallest absolute Gasteiger partial charge is 0.367 e. The van der Waals surface area contributed by atoms with Crippen molar-refractivity contribution in [1.82, 2.24) is 15.0 Å². The summed E-state index contributed by atoms with van der Waals surface area (Å²) in [5.74, 6) is 0. The molecule has 1 aromatic rings. The van der Waals surface area contributed by atoms with Crippen molar-refractivity contribution < 1.29 is 13.9 Å². The Labute approximate surface area is 66.8 Å². The Morgan fingerprint density at radius 2 is 2.33 bits per heavy atom. The van der Waals surface area contributed by atoms with E-state index in [1.54, 1.807) is 0 Å². The highest BCUT2D eigenvalue weighted by atomic mass is 19.3. The maximum absolute atomic E-state index is 12.6. The normalized spacial score (nSPS) is 12.0. The van der Waals surface area contributed by atoms with Crippen LogP contribution in [0.1, 0.15) is 5.69 Å². The number of aliphatic hydroxyl groups excluding tert-OH is 1. The van der Waals surface area contributed by atoms with E-state index < -0.39 is 12.7 Å². The molecule has 0 aliphatic carbocycles. The van der Waals surface area contributed by atoms with Gasteiger partial charge in [0.2, 0.25) is 0 Å². The van der Waals surface area contributed by atoms with Crippen molar-refractivity contribution in [3.8, 4) is 0 Å². The summed E-state index contributed by atoms with van der Waals surface area (Å²) in [7, 11) is 0. The first-order valence-electron chi connectivity index (χ1n) is 3.20. The summed E-state index contributed by atoms with van der Waals surface area (Å²) in [5, 5.41) is 14.7. The number of alkyl halides is 2. The topological polar surface area (TPSA) is 77.0 Å². The summed E-state index contributed by atoms with van der Waals surface area (Å²) in [4.78, 5) is 0. The fraction of sp³-hybridized carbons (Fsp3) is 0.600. The molecule has 0 bridgehead atoms. The third-order valence-electron chi connectivity index (χ3n) is 1.28. The lowest BCUT2D eigenvalue weighted by atomic mass is 10.5. The summed E-state index contributed by atoms with van der Waals surface area (Å²) >= 11 is 0. The van der Waals surface area contributed by atoms with Crippen LogP contribution in [0.3, 0.4) is 0 Å². The Kier molecular flexibility index (Phi) is 2.34. The van der Waals surface area contributed by atoms with Gasteiger partial charge in [-0.05, 0) is 0 Å². The van der Waals surface area contributed by atoms with E-state index in [2.05, 4.69) is 10.3 Å². The number of halogens is 2. The van der Waals surface area contributed by atoms with E-state index in [-0.39, 0.29) is 16.9 Å². The van der Waals surface area contributed by atoms with Gasteiger partial charge in [-0.2, -0.15) is 13.5 Å². The standard InChI is InChI=1S/C5H8F2N4O/c6-5(7,3-12)11-2-4(1-8)9-10-11/h2,12H,1,3,8H2. The Hall–Kier alpha value is -1.08. The molecule has 0 fully saturated rings. The van der Waals surface area contributed by atoms with Crippen molar-refractivity contribution in [2.24, 2.45) is 5.73 Å². The molecule has 0 saturated carbocycles. The minimum absolute atomic E-state index is 0.0432. The van der Waals surface area contributed by atoms with Crippen molar-refractivity contribution in [3.63, 3.8) is 0 Å². The van der Waals surface area contributed by atoms with Gasteiger partial charge in [-0.1, -0.05) is 5.21 Å². The van der Waals surface area contributed by atoms with Crippen molar-refractivity contribution in [2.45, 2.75) is 12.6 Å². The van der Waals surface area contributed by atoms with Crippen molar-refractivity contribution in [1.29, 1.82) is 0 Å². The fourth-order valence-corrected chi connectivity index (χ4v) is 0.624. The summed E-state index contributed by atoms with van der Waals surface area (Å²) in [6, 6.07) is -3.40. The van der Waals surface area contributed by atoms with Crippen LogP contribution in [0.4, 0.5) is 8.78 Å². The van der Waals surface area contributed by atoms with Crippen LogP contribution >= 0.6 is 0 Å². The van der Waals surface area contributed by atoms with Crippen LogP contribution in [0.2, 0.25) is 0 Å². The zero-order valence-electron chi connectivity index (χ0n) is 6.11. The molecule has 0 unspecified atom stereocenters. The summed E-state index contributed by atoms with van der Waals surface area (Å²) < 4.78 is 25.5. The molecule has 3 N–H and O–H groups in total. The first-order valence-corrected chi connectivity index (χ1v) is 3.20. The van der Waals surface area contributed by atoms with Gasteiger partial charge in [0.1, 0.15) is 6.61 Å². The molecule has 0 aromatic carbocycles. The minimum Gasteiger partial charge on any atom is -0.388 e. The number of nitrogens with zero attached hydrogens (tertiary/aromatic N) is 3. The lowest BCUT2D eigenvalue weighted by Gasteiger charge is -2.11. The highest BCUT2D eigenvalue weighted by molar-refractivity contribution is 4.91. The maximum Gasteiger partial charge on any atom is 0.367 e. The monoisotopic (exact) mass is 178 g/mol. The third-order valence-corrected chi connectivity index (χ3v) is 1.28. The van der Waals surface area contributed by atoms with Crippen molar-refractivity contribution >= 4 is 0 Å². The molecule has 1 heterocycles. The summed E-state index contributed by atoms with van der Waals surface area (Å²) in [6.45, 7) is -1.26. The number of hydrogen-bond donors (Lipinski definition) is 2. The van der Waals surface area contributed by atoms with Gasteiger partial charge in [-0.3, -0.25) is 0 Å². The van der Waals surface area contributed by atoms with Crippen LogP contribution in [0.25, 0.3) is 0 Å². The van der Waals surface area contributed by atoms with Gasteiger partial charge >= 0.3 is 6.05 Å². The number of aromatic nitrogens is 3. The van der Waals surface area contributed by atoms with E-state index in [9.17, 15) is 8.78 Å². The van der Waals surface area contributed by atoms with E-state index in [0.717, 1.165) is 6.20 Å². The molecule has 0 radical (unpaired) electrons. The van der Waals surface area contributed by atoms with Crippen LogP contribution < -0.4 is 5.73 Å². The van der Waals surface area contributed by atoms with Gasteiger partial charge in [0.05, 0.1) is 11.9 Å². The van der Waals surface area contributed by atoms with Gasteiger partial charge in [0.15, 0.2) is 0 Å². The van der Waals surface area contributed by atoms with E-state index in [1.165, 1.54) is 0 Å². The lowest BCUT2D eigenvalue weighted by Crippen LogP contribution is -2.27. The van der Waals surface area contributed by atoms with Crippen LogP contribution in [-0.2, 0) is 12.6 Å². The highest BCUT2D eigenvalue weighted by Gasteiger charge is 2.31. The molecule has 7 heteroatoms. The van der Waals surface area contributed by atoms with Gasteiger partial charge in [0.25, 0.3) is 0 Å². The third kappa shape index (κ3) is 1.56. The molecular weight excluding hydrogens is 170 g/mol. The summed E-state index contributed by atoms with van der Waals surface area (Å²) in [5.41, 5.74) is 5.38. The average Bonchev–Trinajstić information content (AvgIpc) is 2.52. The van der Waals surface area contributed by atoms with Gasteiger partial charge < -0.3 is 10.8 Å². The second-order valence-corrected chi connectivity index (χ2v) is 2.18. The Morgan fingerprint density at radius 3 is 2.75 bits per heavy atom. The second-order valence-electron chi connectivity index (χ2n) is 2.18. The number of hydrogen-bond acceptors (Lipinski definition) is 4. The number of rotatable bonds is 3. The van der Waals surface area contributed by atoms with Crippen LogP contribution in [-0.4, -0.2) is 26.7 Å². The predicted octanol–water partition coefficient (Wildman–Crippen LogP) is -0.722. The quantitative estimate of drug-likeness (QED) is 0.640. The molecule has 0 aliphatic heterocycles. The van der Waals surface area contributed by atoms with Crippen LogP contribution in [0, 0.1) is 0 Å². The van der Waals surface area contributed by atoms with E-state index >= 15 is 0 Å². The van der Waals surface area contributed by atoms with E-state index in [4.69, 9.17) is 10.8 Å². The molecule has 12 heavy (non-hydrogen) atoms. The SMILES string of the molecule is NCc1cn(C(F)(F)CO)nn1. The highest BCUT2D eigenvalue weighted by Crippen LogP contribution is 2.17.